The van der Waals surface area contributed by atoms with Crippen molar-refractivity contribution in [3.05, 3.63) is 42.0 Å². The highest BCUT2D eigenvalue weighted by Crippen LogP contribution is 2.10. The van der Waals surface area contributed by atoms with E-state index < -0.39 is 11.8 Å². The van der Waals surface area contributed by atoms with E-state index in [2.05, 4.69) is 0 Å². The molecule has 0 aliphatic heterocycles. The van der Waals surface area contributed by atoms with Crippen molar-refractivity contribution in [2.45, 2.75) is 20.0 Å². The van der Waals surface area contributed by atoms with E-state index in [-0.39, 0.29) is 11.9 Å². The summed E-state index contributed by atoms with van der Waals surface area (Å²) in [6, 6.07) is 8.48. The zero-order valence-electron chi connectivity index (χ0n) is 9.71. The van der Waals surface area contributed by atoms with Crippen LogP contribution in [0.25, 0.3) is 5.76 Å². The SMILES string of the molecule is CC(C)OC(=O)C(=O)/C=C(\O)c1ccccc1. The molecule has 0 aliphatic carbocycles. The van der Waals surface area contributed by atoms with Gasteiger partial charge < -0.3 is 9.84 Å². The van der Waals surface area contributed by atoms with Crippen LogP contribution in [-0.4, -0.2) is 23.0 Å². The van der Waals surface area contributed by atoms with Crippen LogP contribution in [0, 0.1) is 0 Å². The second-order valence-corrected chi connectivity index (χ2v) is 3.71. The fourth-order valence-corrected chi connectivity index (χ4v) is 1.15. The fraction of sp³-hybridized carbons (Fsp3) is 0.231. The number of aliphatic hydroxyl groups is 1. The lowest BCUT2D eigenvalue weighted by Gasteiger charge is -2.05. The number of aliphatic hydroxyl groups excluding tert-OH is 1. The molecule has 1 rings (SSSR count). The van der Waals surface area contributed by atoms with Crippen molar-refractivity contribution in [2.24, 2.45) is 0 Å². The van der Waals surface area contributed by atoms with Crippen LogP contribution in [0.15, 0.2) is 36.4 Å². The summed E-state index contributed by atoms with van der Waals surface area (Å²) < 4.78 is 4.70. The summed E-state index contributed by atoms with van der Waals surface area (Å²) in [4.78, 5) is 22.5. The van der Waals surface area contributed by atoms with Gasteiger partial charge >= 0.3 is 5.97 Å². The Morgan fingerprint density at radius 2 is 1.82 bits per heavy atom. The molecule has 0 saturated carbocycles. The summed E-state index contributed by atoms with van der Waals surface area (Å²) in [6.45, 7) is 3.29. The first-order valence-electron chi connectivity index (χ1n) is 5.21. The maximum Gasteiger partial charge on any atom is 0.379 e. The summed E-state index contributed by atoms with van der Waals surface area (Å²) in [6.07, 6.45) is 0.499. The zero-order chi connectivity index (χ0) is 12.8. The summed E-state index contributed by atoms with van der Waals surface area (Å²) in [7, 11) is 0. The minimum Gasteiger partial charge on any atom is -0.507 e. The van der Waals surface area contributed by atoms with Gasteiger partial charge in [0.05, 0.1) is 6.10 Å². The summed E-state index contributed by atoms with van der Waals surface area (Å²) in [5.41, 5.74) is 0.471. The fourth-order valence-electron chi connectivity index (χ4n) is 1.15. The van der Waals surface area contributed by atoms with Crippen molar-refractivity contribution >= 4 is 17.5 Å². The molecule has 0 saturated heterocycles. The van der Waals surface area contributed by atoms with Gasteiger partial charge in [-0.25, -0.2) is 4.79 Å². The van der Waals surface area contributed by atoms with Crippen LogP contribution in [0.3, 0.4) is 0 Å². The largest absolute Gasteiger partial charge is 0.507 e. The predicted octanol–water partition coefficient (Wildman–Crippen LogP) is 2.11. The van der Waals surface area contributed by atoms with Crippen LogP contribution in [0.1, 0.15) is 19.4 Å². The van der Waals surface area contributed by atoms with Gasteiger partial charge in [-0.2, -0.15) is 0 Å². The summed E-state index contributed by atoms with van der Waals surface area (Å²) in [5.74, 6) is -2.10. The monoisotopic (exact) mass is 234 g/mol. The molecule has 17 heavy (non-hydrogen) atoms. The van der Waals surface area contributed by atoms with Crippen molar-refractivity contribution in [3.63, 3.8) is 0 Å². The maximum atomic E-state index is 11.4. The minimum atomic E-state index is -0.970. The standard InChI is InChI=1S/C13H14O4/c1-9(2)17-13(16)12(15)8-11(14)10-6-4-3-5-7-10/h3-9,14H,1-2H3/b11-8-. The third-order valence-electron chi connectivity index (χ3n) is 1.88. The number of benzene rings is 1. The number of ketones is 1. The number of hydrogen-bond acceptors (Lipinski definition) is 4. The van der Waals surface area contributed by atoms with Crippen molar-refractivity contribution < 1.29 is 19.4 Å². The van der Waals surface area contributed by atoms with Crippen molar-refractivity contribution in [2.75, 3.05) is 0 Å². The van der Waals surface area contributed by atoms with Gasteiger partial charge in [0.15, 0.2) is 0 Å². The van der Waals surface area contributed by atoms with Crippen LogP contribution < -0.4 is 0 Å². The van der Waals surface area contributed by atoms with Crippen molar-refractivity contribution in [1.29, 1.82) is 0 Å². The molecule has 1 N–H and O–H groups in total. The molecule has 4 heteroatoms. The van der Waals surface area contributed by atoms with Crippen molar-refractivity contribution in [3.8, 4) is 0 Å². The summed E-state index contributed by atoms with van der Waals surface area (Å²) in [5, 5.41) is 9.61. The van der Waals surface area contributed by atoms with Crippen LogP contribution in [0.4, 0.5) is 0 Å². The molecule has 0 bridgehead atoms. The van der Waals surface area contributed by atoms with Gasteiger partial charge in [0, 0.05) is 11.6 Å². The molecule has 1 aromatic rings. The van der Waals surface area contributed by atoms with E-state index in [1.165, 1.54) is 0 Å². The molecule has 0 spiro atoms. The number of carbonyl (C=O) groups is 2. The second kappa shape index (κ2) is 5.84. The first-order chi connectivity index (χ1) is 8.00. The topological polar surface area (TPSA) is 63.6 Å². The summed E-state index contributed by atoms with van der Waals surface area (Å²) >= 11 is 0. The van der Waals surface area contributed by atoms with Gasteiger partial charge in [-0.1, -0.05) is 30.3 Å². The molecular weight excluding hydrogens is 220 g/mol. The van der Waals surface area contributed by atoms with E-state index in [4.69, 9.17) is 4.74 Å². The molecule has 4 nitrogen and oxygen atoms in total. The van der Waals surface area contributed by atoms with Crippen molar-refractivity contribution in [1.82, 2.24) is 0 Å². The molecule has 0 fully saturated rings. The first kappa shape index (κ1) is 13.0. The quantitative estimate of drug-likeness (QED) is 0.375. The Bertz CT molecular complexity index is 432. The normalized spacial score (nSPS) is 11.4. The number of rotatable bonds is 4. The van der Waals surface area contributed by atoms with E-state index in [1.807, 2.05) is 0 Å². The lowest BCUT2D eigenvalue weighted by Crippen LogP contribution is -2.19. The lowest BCUT2D eigenvalue weighted by molar-refractivity contribution is -0.154. The number of ether oxygens (including phenoxy) is 1. The molecule has 0 unspecified atom stereocenters. The van der Waals surface area contributed by atoms with Crippen LogP contribution in [0.2, 0.25) is 0 Å². The third kappa shape index (κ3) is 4.10. The van der Waals surface area contributed by atoms with E-state index in [1.54, 1.807) is 44.2 Å². The minimum absolute atomic E-state index is 0.253. The average molecular weight is 234 g/mol. The Kier molecular flexibility index (Phi) is 4.46. The van der Waals surface area contributed by atoms with E-state index in [0.29, 0.717) is 5.56 Å². The molecule has 0 heterocycles. The number of hydrogen-bond donors (Lipinski definition) is 1. The second-order valence-electron chi connectivity index (χ2n) is 3.71. The van der Waals surface area contributed by atoms with Crippen LogP contribution >= 0.6 is 0 Å². The molecule has 0 aliphatic rings. The molecule has 90 valence electrons. The van der Waals surface area contributed by atoms with E-state index >= 15 is 0 Å². The Morgan fingerprint density at radius 3 is 2.35 bits per heavy atom. The molecule has 0 atom stereocenters. The lowest BCUT2D eigenvalue weighted by atomic mass is 10.1. The van der Waals surface area contributed by atoms with E-state index in [0.717, 1.165) is 6.08 Å². The van der Waals surface area contributed by atoms with Gasteiger partial charge in [-0.3, -0.25) is 4.79 Å². The third-order valence-corrected chi connectivity index (χ3v) is 1.88. The van der Waals surface area contributed by atoms with Gasteiger partial charge in [0.2, 0.25) is 0 Å². The zero-order valence-corrected chi connectivity index (χ0v) is 9.71. The Labute approximate surface area is 99.5 Å². The molecule has 0 amide bonds. The Morgan fingerprint density at radius 1 is 1.24 bits per heavy atom. The van der Waals surface area contributed by atoms with Crippen LogP contribution in [-0.2, 0) is 14.3 Å². The number of carbonyl (C=O) groups excluding carboxylic acids is 2. The predicted molar refractivity (Wildman–Crippen MR) is 63.3 cm³/mol. The smallest absolute Gasteiger partial charge is 0.379 e. The highest BCUT2D eigenvalue weighted by Gasteiger charge is 2.15. The first-order valence-corrected chi connectivity index (χ1v) is 5.21. The van der Waals surface area contributed by atoms with E-state index in [9.17, 15) is 14.7 Å². The molecule has 1 aromatic carbocycles. The average Bonchev–Trinajstić information content (AvgIpc) is 2.29. The van der Waals surface area contributed by atoms with Gasteiger partial charge in [-0.05, 0) is 13.8 Å². The number of esters is 1. The molecule has 0 aromatic heterocycles. The maximum absolute atomic E-state index is 11.4. The highest BCUT2D eigenvalue weighted by molar-refractivity contribution is 6.39. The Hall–Kier alpha value is -2.10. The Balaban J connectivity index is 2.76. The highest BCUT2D eigenvalue weighted by atomic mass is 16.5. The van der Waals surface area contributed by atoms with Gasteiger partial charge in [-0.15, -0.1) is 0 Å². The van der Waals surface area contributed by atoms with Gasteiger partial charge in [0.25, 0.3) is 5.78 Å². The molecular formula is C13H14O4. The molecule has 0 radical (unpaired) electrons. The van der Waals surface area contributed by atoms with Crippen LogP contribution in [0.5, 0.6) is 0 Å². The van der Waals surface area contributed by atoms with Gasteiger partial charge in [0.1, 0.15) is 5.76 Å².